The molecule has 0 rings (SSSR count). The molecule has 0 aliphatic rings. The molecule has 0 saturated carbocycles. The molecule has 58 valence electrons. The third-order valence-electron chi connectivity index (χ3n) is 0.368. The molecule has 4 heteroatoms. The molecule has 2 nitrogen and oxygen atoms in total. The lowest BCUT2D eigenvalue weighted by Crippen LogP contribution is -1.91. The summed E-state index contributed by atoms with van der Waals surface area (Å²) in [6.45, 7) is 6.24. The van der Waals surface area contributed by atoms with Crippen LogP contribution < -0.4 is 0 Å². The van der Waals surface area contributed by atoms with E-state index in [2.05, 4.69) is 17.9 Å². The first-order valence-corrected chi connectivity index (χ1v) is 3.00. The second-order valence-electron chi connectivity index (χ2n) is 1.07. The number of methoxy groups -OCH3 is 1. The molecule has 0 spiro atoms. The fourth-order valence-electron chi connectivity index (χ4n) is 0.0833. The van der Waals surface area contributed by atoms with Gasteiger partial charge in [0.15, 0.2) is 0 Å². The van der Waals surface area contributed by atoms with Crippen LogP contribution in [0.25, 0.3) is 0 Å². The van der Waals surface area contributed by atoms with Crippen LogP contribution in [0, 0.1) is 0 Å². The zero-order valence-electron chi connectivity index (χ0n) is 5.56. The van der Waals surface area contributed by atoms with Crippen molar-refractivity contribution in [1.82, 2.24) is 0 Å². The molecule has 0 atom stereocenters. The van der Waals surface area contributed by atoms with Crippen molar-refractivity contribution in [2.45, 2.75) is 0 Å². The highest BCUT2D eigenvalue weighted by atomic mass is 35.5. The number of carbonyl (C=O) groups excluding carboxylic acids is 1. The highest BCUT2D eigenvalue weighted by molar-refractivity contribution is 6.55. The van der Waals surface area contributed by atoms with Crippen molar-refractivity contribution in [3.63, 3.8) is 0 Å². The molecular formula is C6H8Cl2O2. The average Bonchev–Trinajstić information content (AvgIpc) is 1.85. The van der Waals surface area contributed by atoms with Crippen LogP contribution >= 0.6 is 23.2 Å². The zero-order valence-corrected chi connectivity index (χ0v) is 7.08. The van der Waals surface area contributed by atoms with Gasteiger partial charge in [0.25, 0.3) is 0 Å². The van der Waals surface area contributed by atoms with Gasteiger partial charge in [-0.15, -0.1) is 0 Å². The van der Waals surface area contributed by atoms with Crippen LogP contribution in [0.2, 0.25) is 0 Å². The molecule has 0 unspecified atom stereocenters. The monoisotopic (exact) mass is 182 g/mol. The summed E-state index contributed by atoms with van der Waals surface area (Å²) in [7, 11) is 1.31. The number of rotatable bonds is 1. The lowest BCUT2D eigenvalue weighted by Gasteiger charge is -1.83. The minimum atomic E-state index is -0.394. The highest BCUT2D eigenvalue weighted by Gasteiger charge is 1.81. The Morgan fingerprint density at radius 3 is 1.90 bits per heavy atom. The summed E-state index contributed by atoms with van der Waals surface area (Å²) >= 11 is 9.69. The Morgan fingerprint density at radius 2 is 1.90 bits per heavy atom. The van der Waals surface area contributed by atoms with Gasteiger partial charge in [-0.05, 0) is 0 Å². The maximum absolute atomic E-state index is 9.84. The molecule has 0 saturated heterocycles. The molecule has 0 fully saturated rings. The molecular weight excluding hydrogens is 175 g/mol. The van der Waals surface area contributed by atoms with Crippen LogP contribution in [0.5, 0.6) is 0 Å². The van der Waals surface area contributed by atoms with E-state index < -0.39 is 5.97 Å². The Balaban J connectivity index is 0. The predicted octanol–water partition coefficient (Wildman–Crippen LogP) is 2.28. The molecule has 0 N–H and O–H groups in total. The Bertz CT molecular complexity index is 128. The van der Waals surface area contributed by atoms with Gasteiger partial charge < -0.3 is 4.74 Å². The first kappa shape index (κ1) is 12.2. The first-order chi connectivity index (χ1) is 4.54. The fraction of sp³-hybridized carbons (Fsp3) is 0.167. The topological polar surface area (TPSA) is 26.3 Å². The second-order valence-corrected chi connectivity index (χ2v) is 2.17. The van der Waals surface area contributed by atoms with Crippen molar-refractivity contribution >= 4 is 29.2 Å². The Hall–Kier alpha value is -0.470. The summed E-state index contributed by atoms with van der Waals surface area (Å²) in [5.41, 5.74) is 0. The third kappa shape index (κ3) is 25.8. The van der Waals surface area contributed by atoms with E-state index in [9.17, 15) is 4.79 Å². The van der Waals surface area contributed by atoms with E-state index in [0.29, 0.717) is 0 Å². The van der Waals surface area contributed by atoms with Crippen LogP contribution in [0.4, 0.5) is 0 Å². The average molecular weight is 183 g/mol. The normalized spacial score (nSPS) is 6.70. The number of hydrogen-bond acceptors (Lipinski definition) is 2. The summed E-state index contributed by atoms with van der Waals surface area (Å²) in [5.74, 6) is -0.394. The quantitative estimate of drug-likeness (QED) is 0.460. The molecule has 0 heterocycles. The second kappa shape index (κ2) is 8.53. The molecule has 0 aromatic heterocycles. The first-order valence-electron chi connectivity index (χ1n) is 2.24. The summed E-state index contributed by atoms with van der Waals surface area (Å²) in [6, 6.07) is 0. The molecule has 0 bridgehead atoms. The van der Waals surface area contributed by atoms with E-state index in [0.717, 1.165) is 6.08 Å². The summed E-state index contributed by atoms with van der Waals surface area (Å²) in [5, 5.41) is 0. The summed E-state index contributed by atoms with van der Waals surface area (Å²) in [6.07, 6.45) is 1.11. The minimum absolute atomic E-state index is 0.111. The van der Waals surface area contributed by atoms with Crippen LogP contribution in [-0.4, -0.2) is 13.1 Å². The van der Waals surface area contributed by atoms with Gasteiger partial charge in [0.1, 0.15) is 0 Å². The van der Waals surface area contributed by atoms with Crippen molar-refractivity contribution < 1.29 is 9.53 Å². The van der Waals surface area contributed by atoms with E-state index in [-0.39, 0.29) is 4.49 Å². The molecule has 0 aromatic carbocycles. The molecule has 0 aliphatic carbocycles. The molecule has 0 aliphatic heterocycles. The van der Waals surface area contributed by atoms with E-state index >= 15 is 0 Å². The summed E-state index contributed by atoms with van der Waals surface area (Å²) in [4.78, 5) is 9.84. The van der Waals surface area contributed by atoms with Crippen LogP contribution in [0.3, 0.4) is 0 Å². The SMILES string of the molecule is C=C(Cl)Cl.C=CC(=O)OC. The maximum atomic E-state index is 9.84. The number of halogens is 2. The standard InChI is InChI=1S/C4H6O2.C2H2Cl2/c1-3-4(5)6-2;1-2(3)4/h3H,1H2,2H3;1H2. The fourth-order valence-corrected chi connectivity index (χ4v) is 0.0833. The van der Waals surface area contributed by atoms with E-state index in [1.807, 2.05) is 0 Å². The van der Waals surface area contributed by atoms with Gasteiger partial charge >= 0.3 is 5.97 Å². The van der Waals surface area contributed by atoms with Crippen molar-refractivity contribution in [3.05, 3.63) is 23.7 Å². The molecule has 0 amide bonds. The van der Waals surface area contributed by atoms with Crippen LogP contribution in [-0.2, 0) is 9.53 Å². The van der Waals surface area contributed by atoms with Gasteiger partial charge in [0.05, 0.1) is 11.6 Å². The number of esters is 1. The maximum Gasteiger partial charge on any atom is 0.329 e. The predicted molar refractivity (Wildman–Crippen MR) is 43.1 cm³/mol. The number of carbonyl (C=O) groups is 1. The van der Waals surface area contributed by atoms with Gasteiger partial charge in [0, 0.05) is 6.08 Å². The largest absolute Gasteiger partial charge is 0.466 e. The zero-order chi connectivity index (χ0) is 8.57. The van der Waals surface area contributed by atoms with Crippen molar-refractivity contribution in [1.29, 1.82) is 0 Å². The van der Waals surface area contributed by atoms with Crippen LogP contribution in [0.15, 0.2) is 23.7 Å². The van der Waals surface area contributed by atoms with Gasteiger partial charge in [-0.1, -0.05) is 36.4 Å². The summed E-state index contributed by atoms with van der Waals surface area (Å²) < 4.78 is 4.25. The van der Waals surface area contributed by atoms with Crippen molar-refractivity contribution in [3.8, 4) is 0 Å². The molecule has 0 aromatic rings. The van der Waals surface area contributed by atoms with Gasteiger partial charge in [-0.25, -0.2) is 4.79 Å². The lowest BCUT2D eigenvalue weighted by molar-refractivity contribution is -0.134. The van der Waals surface area contributed by atoms with E-state index in [1.54, 1.807) is 0 Å². The van der Waals surface area contributed by atoms with Gasteiger partial charge in [-0.2, -0.15) is 0 Å². The van der Waals surface area contributed by atoms with Gasteiger partial charge in [0.2, 0.25) is 0 Å². The van der Waals surface area contributed by atoms with Gasteiger partial charge in [-0.3, -0.25) is 0 Å². The Kier molecular flexibility index (Phi) is 10.4. The Morgan fingerprint density at radius 1 is 1.60 bits per heavy atom. The smallest absolute Gasteiger partial charge is 0.329 e. The van der Waals surface area contributed by atoms with E-state index in [1.165, 1.54) is 7.11 Å². The number of hydrogen-bond donors (Lipinski definition) is 0. The highest BCUT2D eigenvalue weighted by Crippen LogP contribution is 1.98. The third-order valence-corrected chi connectivity index (χ3v) is 0.368. The van der Waals surface area contributed by atoms with Crippen molar-refractivity contribution in [2.75, 3.05) is 7.11 Å². The Labute approximate surface area is 70.1 Å². The number of ether oxygens (including phenoxy) is 1. The lowest BCUT2D eigenvalue weighted by atomic mass is 10.7. The minimum Gasteiger partial charge on any atom is -0.466 e. The van der Waals surface area contributed by atoms with Crippen LogP contribution in [0.1, 0.15) is 0 Å². The van der Waals surface area contributed by atoms with Crippen molar-refractivity contribution in [2.24, 2.45) is 0 Å². The van der Waals surface area contributed by atoms with E-state index in [4.69, 9.17) is 23.2 Å². The molecule has 10 heavy (non-hydrogen) atoms. The molecule has 0 radical (unpaired) electrons.